The molecule has 8 rings (SSSR count). The molecule has 0 fully saturated rings. The Balaban J connectivity index is 1.49. The Morgan fingerprint density at radius 1 is 0.564 bits per heavy atom. The lowest BCUT2D eigenvalue weighted by Gasteiger charge is -2.25. The molecule has 0 amide bonds. The van der Waals surface area contributed by atoms with E-state index < -0.39 is 0 Å². The van der Waals surface area contributed by atoms with E-state index in [1.807, 2.05) is 0 Å². The van der Waals surface area contributed by atoms with Crippen LogP contribution in [-0.4, -0.2) is 0 Å². The van der Waals surface area contributed by atoms with Crippen molar-refractivity contribution < 1.29 is 4.42 Å². The van der Waals surface area contributed by atoms with Crippen molar-refractivity contribution in [3.63, 3.8) is 0 Å². The van der Waals surface area contributed by atoms with Crippen LogP contribution in [-0.2, 0) is 5.41 Å². The minimum atomic E-state index is -0.153. The fourth-order valence-corrected chi connectivity index (χ4v) is 6.71. The molecule has 1 heterocycles. The van der Waals surface area contributed by atoms with Gasteiger partial charge in [0, 0.05) is 38.6 Å². The van der Waals surface area contributed by atoms with Crippen LogP contribution in [0.5, 0.6) is 0 Å². The zero-order valence-corrected chi connectivity index (χ0v) is 22.0. The summed E-state index contributed by atoms with van der Waals surface area (Å²) in [7, 11) is 0. The highest BCUT2D eigenvalue weighted by atomic mass is 16.3. The van der Waals surface area contributed by atoms with Crippen LogP contribution in [0.2, 0.25) is 0 Å². The summed E-state index contributed by atoms with van der Waals surface area (Å²) < 4.78 is 6.71. The summed E-state index contributed by atoms with van der Waals surface area (Å²) in [4.78, 5) is 2.32. The van der Waals surface area contributed by atoms with Crippen molar-refractivity contribution >= 4 is 49.8 Å². The molecule has 186 valence electrons. The first-order valence-electron chi connectivity index (χ1n) is 13.5. The van der Waals surface area contributed by atoms with Crippen LogP contribution in [0.1, 0.15) is 25.0 Å². The van der Waals surface area contributed by atoms with Gasteiger partial charge in [0.05, 0.1) is 0 Å². The minimum absolute atomic E-state index is 0.153. The number of rotatable bonds is 3. The van der Waals surface area contributed by atoms with E-state index in [2.05, 4.69) is 146 Å². The van der Waals surface area contributed by atoms with Crippen LogP contribution < -0.4 is 4.90 Å². The summed E-state index contributed by atoms with van der Waals surface area (Å²) >= 11 is 0. The number of benzene rings is 6. The van der Waals surface area contributed by atoms with E-state index >= 15 is 0 Å². The summed E-state index contributed by atoms with van der Waals surface area (Å²) in [5.41, 5.74) is 10.5. The van der Waals surface area contributed by atoms with Gasteiger partial charge < -0.3 is 9.32 Å². The fraction of sp³-hybridized carbons (Fsp3) is 0.0811. The van der Waals surface area contributed by atoms with Gasteiger partial charge >= 0.3 is 0 Å². The molecule has 1 aliphatic rings. The van der Waals surface area contributed by atoms with Crippen molar-refractivity contribution in [3.8, 4) is 11.1 Å². The van der Waals surface area contributed by atoms with Gasteiger partial charge in [-0.1, -0.05) is 98.8 Å². The molecule has 0 unspecified atom stereocenters. The maximum atomic E-state index is 6.71. The zero-order chi connectivity index (χ0) is 26.1. The molecule has 1 aromatic heterocycles. The van der Waals surface area contributed by atoms with Gasteiger partial charge in [0.25, 0.3) is 0 Å². The molecule has 2 nitrogen and oxygen atoms in total. The van der Waals surface area contributed by atoms with Crippen molar-refractivity contribution in [2.45, 2.75) is 19.3 Å². The first-order chi connectivity index (χ1) is 19.1. The van der Waals surface area contributed by atoms with E-state index in [4.69, 9.17) is 4.42 Å². The number of furan rings is 1. The van der Waals surface area contributed by atoms with Crippen molar-refractivity contribution in [1.82, 2.24) is 0 Å². The molecular formula is C37H27NO. The van der Waals surface area contributed by atoms with E-state index in [0.29, 0.717) is 0 Å². The molecule has 0 spiro atoms. The molecule has 39 heavy (non-hydrogen) atoms. The van der Waals surface area contributed by atoms with Crippen LogP contribution >= 0.6 is 0 Å². The number of anilines is 3. The molecule has 0 N–H and O–H groups in total. The molecule has 0 atom stereocenters. The van der Waals surface area contributed by atoms with Gasteiger partial charge in [-0.25, -0.2) is 0 Å². The molecule has 0 saturated carbocycles. The largest absolute Gasteiger partial charge is 0.455 e. The van der Waals surface area contributed by atoms with Gasteiger partial charge in [0.1, 0.15) is 11.2 Å². The number of hydrogen-bond donors (Lipinski definition) is 0. The lowest BCUT2D eigenvalue weighted by molar-refractivity contribution is 0.659. The standard InChI is InChI=1S/C37H27NO/c1-37(2)31-20-12-11-19-29(31)33-27-17-9-10-18-28(27)36-34(35(33)37)30-23-26(21-22-32(30)39-36)38(24-13-5-3-6-14-24)25-15-7-4-8-16-25/h3-23H,1-2H3. The normalized spacial score (nSPS) is 13.6. The van der Waals surface area contributed by atoms with E-state index in [1.54, 1.807) is 0 Å². The molecule has 6 aromatic carbocycles. The van der Waals surface area contributed by atoms with Gasteiger partial charge in [-0.3, -0.25) is 0 Å². The average molecular weight is 502 g/mol. The van der Waals surface area contributed by atoms with Crippen LogP contribution in [0.15, 0.2) is 132 Å². The lowest BCUT2D eigenvalue weighted by atomic mass is 9.79. The first kappa shape index (κ1) is 22.2. The van der Waals surface area contributed by atoms with Crippen molar-refractivity contribution in [2.24, 2.45) is 0 Å². The quantitative estimate of drug-likeness (QED) is 0.239. The van der Waals surface area contributed by atoms with Crippen molar-refractivity contribution in [2.75, 3.05) is 4.90 Å². The minimum Gasteiger partial charge on any atom is -0.455 e. The second-order valence-corrected chi connectivity index (χ2v) is 11.0. The second kappa shape index (κ2) is 8.09. The number of fused-ring (bicyclic) bond motifs is 10. The molecule has 1 aliphatic carbocycles. The van der Waals surface area contributed by atoms with Gasteiger partial charge in [0.15, 0.2) is 0 Å². The molecule has 0 radical (unpaired) electrons. The maximum absolute atomic E-state index is 6.71. The van der Waals surface area contributed by atoms with Gasteiger partial charge in [-0.15, -0.1) is 0 Å². The zero-order valence-electron chi connectivity index (χ0n) is 22.0. The Labute approximate surface area is 227 Å². The summed E-state index contributed by atoms with van der Waals surface area (Å²) in [6.45, 7) is 4.71. The third kappa shape index (κ3) is 3.09. The van der Waals surface area contributed by atoms with Crippen LogP contribution in [0.25, 0.3) is 43.8 Å². The Kier molecular flexibility index (Phi) is 4.60. The third-order valence-corrected chi connectivity index (χ3v) is 8.39. The average Bonchev–Trinajstić information content (AvgIpc) is 3.47. The Hall–Kier alpha value is -4.82. The molecule has 0 saturated heterocycles. The van der Waals surface area contributed by atoms with Gasteiger partial charge in [-0.05, 0) is 70.1 Å². The predicted octanol–water partition coefficient (Wildman–Crippen LogP) is 10.5. The number of nitrogens with zero attached hydrogens (tertiary/aromatic N) is 1. The van der Waals surface area contributed by atoms with E-state index in [9.17, 15) is 0 Å². The smallest absolute Gasteiger partial charge is 0.143 e. The summed E-state index contributed by atoms with van der Waals surface area (Å²) in [5, 5.41) is 4.80. The lowest BCUT2D eigenvalue weighted by Crippen LogP contribution is -2.15. The highest BCUT2D eigenvalue weighted by molar-refractivity contribution is 6.23. The number of para-hydroxylation sites is 2. The van der Waals surface area contributed by atoms with Crippen molar-refractivity contribution in [1.29, 1.82) is 0 Å². The Bertz CT molecular complexity index is 1990. The SMILES string of the molecule is CC1(C)c2ccccc2-c2c1c1c3cc(N(c4ccccc4)c4ccccc4)ccc3oc1c1ccccc21. The molecular weight excluding hydrogens is 474 g/mol. The molecule has 0 bridgehead atoms. The molecule has 7 aromatic rings. The maximum Gasteiger partial charge on any atom is 0.143 e. The summed E-state index contributed by atoms with van der Waals surface area (Å²) in [6.07, 6.45) is 0. The topological polar surface area (TPSA) is 16.4 Å². The molecule has 2 heteroatoms. The van der Waals surface area contributed by atoms with E-state index in [-0.39, 0.29) is 5.41 Å². The number of hydrogen-bond acceptors (Lipinski definition) is 2. The summed E-state index contributed by atoms with van der Waals surface area (Å²) in [5.74, 6) is 0. The van der Waals surface area contributed by atoms with Crippen LogP contribution in [0.4, 0.5) is 17.1 Å². The van der Waals surface area contributed by atoms with Gasteiger partial charge in [0.2, 0.25) is 0 Å². The fourth-order valence-electron chi connectivity index (χ4n) is 6.71. The summed E-state index contributed by atoms with van der Waals surface area (Å²) in [6, 6.07) is 45.4. The van der Waals surface area contributed by atoms with Gasteiger partial charge in [-0.2, -0.15) is 0 Å². The highest BCUT2D eigenvalue weighted by Gasteiger charge is 2.39. The van der Waals surface area contributed by atoms with Crippen LogP contribution in [0, 0.1) is 0 Å². The second-order valence-electron chi connectivity index (χ2n) is 11.0. The van der Waals surface area contributed by atoms with Crippen LogP contribution in [0.3, 0.4) is 0 Å². The third-order valence-electron chi connectivity index (χ3n) is 8.39. The van der Waals surface area contributed by atoms with Crippen molar-refractivity contribution in [3.05, 3.63) is 139 Å². The predicted molar refractivity (Wildman–Crippen MR) is 163 cm³/mol. The molecule has 0 aliphatic heterocycles. The Morgan fingerprint density at radius 3 is 1.90 bits per heavy atom. The first-order valence-corrected chi connectivity index (χ1v) is 13.5. The monoisotopic (exact) mass is 501 g/mol. The Morgan fingerprint density at radius 2 is 1.18 bits per heavy atom. The van der Waals surface area contributed by atoms with E-state index in [0.717, 1.165) is 33.6 Å². The highest BCUT2D eigenvalue weighted by Crippen LogP contribution is 2.56. The van der Waals surface area contributed by atoms with E-state index in [1.165, 1.54) is 38.4 Å².